The summed E-state index contributed by atoms with van der Waals surface area (Å²) in [5.41, 5.74) is 2.67. The molecule has 3 aromatic rings. The maximum atomic E-state index is 12.8. The van der Waals surface area contributed by atoms with Crippen LogP contribution in [0.3, 0.4) is 0 Å². The first-order valence-corrected chi connectivity index (χ1v) is 9.85. The van der Waals surface area contributed by atoms with Gasteiger partial charge >= 0.3 is 0 Å². The molecule has 0 bridgehead atoms. The van der Waals surface area contributed by atoms with Crippen LogP contribution in [0.25, 0.3) is 5.65 Å². The highest BCUT2D eigenvalue weighted by molar-refractivity contribution is 5.94. The molecule has 1 atom stereocenters. The zero-order valence-electron chi connectivity index (χ0n) is 15.7. The fourth-order valence-corrected chi connectivity index (χ4v) is 3.94. The Morgan fingerprint density at radius 2 is 1.86 bits per heavy atom. The van der Waals surface area contributed by atoms with Gasteiger partial charge in [-0.2, -0.15) is 0 Å². The van der Waals surface area contributed by atoms with Crippen molar-refractivity contribution in [2.24, 2.45) is 0 Å². The van der Waals surface area contributed by atoms with E-state index >= 15 is 0 Å². The number of anilines is 1. The van der Waals surface area contributed by atoms with Crippen molar-refractivity contribution in [2.75, 3.05) is 37.7 Å². The molecule has 1 amide bonds. The van der Waals surface area contributed by atoms with Crippen molar-refractivity contribution < 1.29 is 9.53 Å². The van der Waals surface area contributed by atoms with Gasteiger partial charge in [0.1, 0.15) is 6.10 Å². The van der Waals surface area contributed by atoms with E-state index in [0.717, 1.165) is 18.7 Å². The van der Waals surface area contributed by atoms with E-state index in [1.807, 2.05) is 52.0 Å². The molecule has 2 aliphatic rings. The zero-order chi connectivity index (χ0) is 18.9. The predicted molar refractivity (Wildman–Crippen MR) is 105 cm³/mol. The number of ether oxygens (including phenoxy) is 1. The Morgan fingerprint density at radius 3 is 2.68 bits per heavy atom. The minimum Gasteiger partial charge on any atom is -0.370 e. The first-order chi connectivity index (χ1) is 13.8. The van der Waals surface area contributed by atoms with Crippen LogP contribution >= 0.6 is 0 Å². The highest BCUT2D eigenvalue weighted by Gasteiger charge is 2.29. The van der Waals surface area contributed by atoms with Crippen LogP contribution in [-0.4, -0.2) is 58.2 Å². The molecule has 0 saturated carbocycles. The molecule has 4 heterocycles. The van der Waals surface area contributed by atoms with Gasteiger partial charge in [0.15, 0.2) is 11.5 Å². The van der Waals surface area contributed by atoms with Crippen molar-refractivity contribution in [3.05, 3.63) is 60.0 Å². The number of morpholine rings is 1. The topological polar surface area (TPSA) is 63.0 Å². The molecule has 1 aromatic carbocycles. The number of carbonyl (C=O) groups excluding carboxylic acids is 1. The Kier molecular flexibility index (Phi) is 4.44. The van der Waals surface area contributed by atoms with Gasteiger partial charge in [0.05, 0.1) is 25.0 Å². The zero-order valence-corrected chi connectivity index (χ0v) is 15.7. The minimum absolute atomic E-state index is 0.0222. The fraction of sp³-hybridized carbons (Fsp3) is 0.381. The van der Waals surface area contributed by atoms with E-state index < -0.39 is 0 Å². The van der Waals surface area contributed by atoms with E-state index in [0.29, 0.717) is 31.1 Å². The molecule has 7 heteroatoms. The summed E-state index contributed by atoms with van der Waals surface area (Å²) in [7, 11) is 0. The van der Waals surface area contributed by atoms with E-state index in [1.54, 1.807) is 0 Å². The maximum Gasteiger partial charge on any atom is 0.254 e. The van der Waals surface area contributed by atoms with Crippen LogP contribution < -0.4 is 4.90 Å². The Balaban J connectivity index is 1.36. The second kappa shape index (κ2) is 7.24. The Morgan fingerprint density at radius 1 is 1.04 bits per heavy atom. The molecule has 2 aliphatic heterocycles. The van der Waals surface area contributed by atoms with Gasteiger partial charge in [0.25, 0.3) is 5.91 Å². The average Bonchev–Trinajstić information content (AvgIpc) is 3.43. The molecule has 2 saturated heterocycles. The SMILES string of the molecule is O=C(c1ccccc1)N1CCOC(c2nc3ccc(N4CCCC4)cn3n2)C1. The summed E-state index contributed by atoms with van der Waals surface area (Å²) >= 11 is 0. The number of benzene rings is 1. The molecule has 28 heavy (non-hydrogen) atoms. The third kappa shape index (κ3) is 3.22. The largest absolute Gasteiger partial charge is 0.370 e. The molecule has 0 aliphatic carbocycles. The van der Waals surface area contributed by atoms with E-state index in [2.05, 4.69) is 21.0 Å². The Labute approximate surface area is 163 Å². The number of rotatable bonds is 3. The molecule has 0 spiro atoms. The van der Waals surface area contributed by atoms with E-state index in [-0.39, 0.29) is 12.0 Å². The second-order valence-corrected chi connectivity index (χ2v) is 7.33. The predicted octanol–water partition coefficient (Wildman–Crippen LogP) is 2.54. The number of nitrogens with zero attached hydrogens (tertiary/aromatic N) is 5. The van der Waals surface area contributed by atoms with Gasteiger partial charge in [-0.1, -0.05) is 18.2 Å². The molecule has 1 unspecified atom stereocenters. The summed E-state index contributed by atoms with van der Waals surface area (Å²) in [5.74, 6) is 0.651. The van der Waals surface area contributed by atoms with Crippen LogP contribution in [0.15, 0.2) is 48.7 Å². The summed E-state index contributed by atoms with van der Waals surface area (Å²) in [5, 5.41) is 4.65. The van der Waals surface area contributed by atoms with Crippen LogP contribution in [0.4, 0.5) is 5.69 Å². The summed E-state index contributed by atoms with van der Waals surface area (Å²) in [6.45, 7) is 3.71. The van der Waals surface area contributed by atoms with Gasteiger partial charge in [-0.15, -0.1) is 5.10 Å². The summed E-state index contributed by atoms with van der Waals surface area (Å²) < 4.78 is 7.72. The van der Waals surface area contributed by atoms with Crippen molar-refractivity contribution in [3.63, 3.8) is 0 Å². The van der Waals surface area contributed by atoms with Crippen molar-refractivity contribution in [1.82, 2.24) is 19.5 Å². The first kappa shape index (κ1) is 17.2. The smallest absolute Gasteiger partial charge is 0.254 e. The molecule has 2 aromatic heterocycles. The lowest BCUT2D eigenvalue weighted by Gasteiger charge is -2.31. The fourth-order valence-electron chi connectivity index (χ4n) is 3.94. The van der Waals surface area contributed by atoms with Crippen molar-refractivity contribution in [3.8, 4) is 0 Å². The lowest BCUT2D eigenvalue weighted by atomic mass is 10.1. The number of amides is 1. The third-order valence-corrected chi connectivity index (χ3v) is 5.47. The van der Waals surface area contributed by atoms with Gasteiger partial charge < -0.3 is 14.5 Å². The minimum atomic E-state index is -0.309. The van der Waals surface area contributed by atoms with Gasteiger partial charge in [0.2, 0.25) is 0 Å². The number of carbonyl (C=O) groups is 1. The van der Waals surface area contributed by atoms with E-state index in [1.165, 1.54) is 18.5 Å². The molecule has 0 radical (unpaired) electrons. The highest BCUT2D eigenvalue weighted by Crippen LogP contribution is 2.24. The van der Waals surface area contributed by atoms with Crippen molar-refractivity contribution >= 4 is 17.2 Å². The number of hydrogen-bond acceptors (Lipinski definition) is 5. The molecule has 2 fully saturated rings. The van der Waals surface area contributed by atoms with Crippen LogP contribution in [0.2, 0.25) is 0 Å². The Bertz CT molecular complexity index is 981. The number of pyridine rings is 1. The van der Waals surface area contributed by atoms with Crippen LogP contribution in [0.5, 0.6) is 0 Å². The number of aromatic nitrogens is 3. The third-order valence-electron chi connectivity index (χ3n) is 5.47. The van der Waals surface area contributed by atoms with Crippen LogP contribution in [-0.2, 0) is 4.74 Å². The molecule has 5 rings (SSSR count). The number of hydrogen-bond donors (Lipinski definition) is 0. The summed E-state index contributed by atoms with van der Waals surface area (Å²) in [6, 6.07) is 13.5. The number of fused-ring (bicyclic) bond motifs is 1. The first-order valence-electron chi connectivity index (χ1n) is 9.85. The normalized spacial score (nSPS) is 20.1. The monoisotopic (exact) mass is 377 g/mol. The van der Waals surface area contributed by atoms with E-state index in [9.17, 15) is 4.79 Å². The van der Waals surface area contributed by atoms with Crippen molar-refractivity contribution in [1.29, 1.82) is 0 Å². The lowest BCUT2D eigenvalue weighted by Crippen LogP contribution is -2.42. The van der Waals surface area contributed by atoms with Crippen molar-refractivity contribution in [2.45, 2.75) is 18.9 Å². The molecule has 0 N–H and O–H groups in total. The molecule has 7 nitrogen and oxygen atoms in total. The quantitative estimate of drug-likeness (QED) is 0.702. The summed E-state index contributed by atoms with van der Waals surface area (Å²) in [6.07, 6.45) is 4.20. The van der Waals surface area contributed by atoms with Gasteiger partial charge in [-0.05, 0) is 37.1 Å². The molecular formula is C21H23N5O2. The second-order valence-electron chi connectivity index (χ2n) is 7.33. The maximum absolute atomic E-state index is 12.8. The average molecular weight is 377 g/mol. The van der Waals surface area contributed by atoms with E-state index in [4.69, 9.17) is 4.74 Å². The van der Waals surface area contributed by atoms with Gasteiger partial charge in [0, 0.05) is 25.2 Å². The van der Waals surface area contributed by atoms with Crippen LogP contribution in [0, 0.1) is 0 Å². The molecular weight excluding hydrogens is 354 g/mol. The van der Waals surface area contributed by atoms with Gasteiger partial charge in [-0.3, -0.25) is 4.79 Å². The van der Waals surface area contributed by atoms with Gasteiger partial charge in [-0.25, -0.2) is 9.50 Å². The standard InChI is InChI=1S/C21H23N5O2/c27-21(16-6-2-1-3-7-16)25-12-13-28-18(15-25)20-22-19-9-8-17(14-26(19)23-20)24-10-4-5-11-24/h1-3,6-9,14,18H,4-5,10-13,15H2. The van der Waals surface area contributed by atoms with Crippen LogP contribution in [0.1, 0.15) is 35.1 Å². The summed E-state index contributed by atoms with van der Waals surface area (Å²) in [4.78, 5) is 21.6. The highest BCUT2D eigenvalue weighted by atomic mass is 16.5. The lowest BCUT2D eigenvalue weighted by molar-refractivity contribution is -0.0266. The Hall–Kier alpha value is -2.93. The molecule has 144 valence electrons.